The van der Waals surface area contributed by atoms with Gasteiger partial charge in [0.25, 0.3) is 0 Å². The first-order valence-corrected chi connectivity index (χ1v) is 9.51. The van der Waals surface area contributed by atoms with Crippen molar-refractivity contribution < 1.29 is 4.79 Å². The standard InChI is InChI=1S/C15H24N2OS2/c1-4-15(2)14(18)17(9-5-6-10-19-3)13(16-15)12-8-7-11-20-12/h7-8,11,13,16H,4-6,9-10H2,1-3H3. The zero-order valence-corrected chi connectivity index (χ0v) is 14.1. The average molecular weight is 313 g/mol. The molecule has 3 nitrogen and oxygen atoms in total. The number of thioether (sulfide) groups is 1. The summed E-state index contributed by atoms with van der Waals surface area (Å²) in [4.78, 5) is 16.0. The van der Waals surface area contributed by atoms with E-state index in [-0.39, 0.29) is 12.1 Å². The number of unbranched alkanes of at least 4 members (excludes halogenated alkanes) is 1. The quantitative estimate of drug-likeness (QED) is 0.782. The van der Waals surface area contributed by atoms with Crippen LogP contribution in [0.15, 0.2) is 17.5 Å². The van der Waals surface area contributed by atoms with Crippen molar-refractivity contribution in [2.24, 2.45) is 0 Å². The molecule has 20 heavy (non-hydrogen) atoms. The highest BCUT2D eigenvalue weighted by Crippen LogP contribution is 2.34. The number of rotatable bonds is 7. The van der Waals surface area contributed by atoms with Gasteiger partial charge in [-0.2, -0.15) is 11.8 Å². The van der Waals surface area contributed by atoms with Crippen molar-refractivity contribution in [3.05, 3.63) is 22.4 Å². The number of carbonyl (C=O) groups is 1. The van der Waals surface area contributed by atoms with Gasteiger partial charge in [0, 0.05) is 11.4 Å². The summed E-state index contributed by atoms with van der Waals surface area (Å²) in [6.07, 6.45) is 5.27. The molecule has 0 aliphatic carbocycles. The molecule has 2 unspecified atom stereocenters. The van der Waals surface area contributed by atoms with Gasteiger partial charge in [-0.1, -0.05) is 13.0 Å². The minimum absolute atomic E-state index is 0.0572. The highest BCUT2D eigenvalue weighted by Gasteiger charge is 2.47. The molecule has 0 saturated carbocycles. The van der Waals surface area contributed by atoms with Crippen molar-refractivity contribution in [3.8, 4) is 0 Å². The maximum absolute atomic E-state index is 12.7. The van der Waals surface area contributed by atoms with Gasteiger partial charge in [-0.15, -0.1) is 11.3 Å². The van der Waals surface area contributed by atoms with E-state index in [1.165, 1.54) is 17.1 Å². The largest absolute Gasteiger partial charge is 0.320 e. The van der Waals surface area contributed by atoms with E-state index in [4.69, 9.17) is 0 Å². The van der Waals surface area contributed by atoms with Crippen LogP contribution in [0.4, 0.5) is 0 Å². The highest BCUT2D eigenvalue weighted by molar-refractivity contribution is 7.98. The Morgan fingerprint density at radius 3 is 2.90 bits per heavy atom. The van der Waals surface area contributed by atoms with Gasteiger partial charge >= 0.3 is 0 Å². The molecule has 2 heterocycles. The minimum Gasteiger partial charge on any atom is -0.320 e. The highest BCUT2D eigenvalue weighted by atomic mass is 32.2. The second kappa shape index (κ2) is 6.96. The molecule has 1 aromatic rings. The van der Waals surface area contributed by atoms with Crippen LogP contribution >= 0.6 is 23.1 Å². The maximum atomic E-state index is 12.7. The van der Waals surface area contributed by atoms with Crippen molar-refractivity contribution in [3.63, 3.8) is 0 Å². The van der Waals surface area contributed by atoms with Crippen LogP contribution in [0.5, 0.6) is 0 Å². The van der Waals surface area contributed by atoms with Crippen molar-refractivity contribution in [2.75, 3.05) is 18.6 Å². The summed E-state index contributed by atoms with van der Waals surface area (Å²) in [5.74, 6) is 1.42. The maximum Gasteiger partial charge on any atom is 0.244 e. The predicted octanol–water partition coefficient (Wildman–Crippen LogP) is 3.49. The number of hydrogen-bond acceptors (Lipinski definition) is 4. The Bertz CT molecular complexity index is 435. The van der Waals surface area contributed by atoms with Crippen LogP contribution in [0.25, 0.3) is 0 Å². The van der Waals surface area contributed by atoms with Gasteiger partial charge in [-0.3, -0.25) is 10.1 Å². The van der Waals surface area contributed by atoms with E-state index in [1.807, 2.05) is 23.6 Å². The Hall–Kier alpha value is -0.520. The number of nitrogens with zero attached hydrogens (tertiary/aromatic N) is 1. The average Bonchev–Trinajstić information content (AvgIpc) is 3.05. The molecular formula is C15H24N2OS2. The van der Waals surface area contributed by atoms with E-state index in [1.54, 1.807) is 11.3 Å². The molecule has 0 bridgehead atoms. The van der Waals surface area contributed by atoms with Crippen molar-refractivity contribution in [1.82, 2.24) is 10.2 Å². The van der Waals surface area contributed by atoms with E-state index in [0.717, 1.165) is 19.4 Å². The third kappa shape index (κ3) is 3.21. The molecule has 1 aliphatic heterocycles. The topological polar surface area (TPSA) is 32.3 Å². The third-order valence-electron chi connectivity index (χ3n) is 4.02. The third-order valence-corrected chi connectivity index (χ3v) is 5.64. The summed E-state index contributed by atoms with van der Waals surface area (Å²) >= 11 is 3.59. The van der Waals surface area contributed by atoms with Crippen LogP contribution in [-0.2, 0) is 4.79 Å². The summed E-state index contributed by atoms with van der Waals surface area (Å²) in [5.41, 5.74) is -0.409. The van der Waals surface area contributed by atoms with Gasteiger partial charge in [0.2, 0.25) is 5.91 Å². The van der Waals surface area contributed by atoms with E-state index in [2.05, 4.69) is 36.0 Å². The summed E-state index contributed by atoms with van der Waals surface area (Å²) in [6.45, 7) is 4.95. The Morgan fingerprint density at radius 1 is 1.50 bits per heavy atom. The smallest absolute Gasteiger partial charge is 0.244 e. The van der Waals surface area contributed by atoms with Crippen LogP contribution in [0, 0.1) is 0 Å². The monoisotopic (exact) mass is 312 g/mol. The number of hydrogen-bond donors (Lipinski definition) is 1. The second-order valence-electron chi connectivity index (χ2n) is 5.45. The molecule has 1 aliphatic rings. The molecule has 1 aromatic heterocycles. The lowest BCUT2D eigenvalue weighted by Gasteiger charge is -2.23. The van der Waals surface area contributed by atoms with E-state index < -0.39 is 5.54 Å². The van der Waals surface area contributed by atoms with Crippen LogP contribution in [0.1, 0.15) is 44.2 Å². The SMILES string of the molecule is CCC1(C)NC(c2cccs2)N(CCCCSC)C1=O. The van der Waals surface area contributed by atoms with Gasteiger partial charge in [-0.25, -0.2) is 0 Å². The van der Waals surface area contributed by atoms with E-state index >= 15 is 0 Å². The Kier molecular flexibility index (Phi) is 5.52. The number of carbonyl (C=O) groups excluding carboxylic acids is 1. The molecule has 2 atom stereocenters. The number of thiophene rings is 1. The van der Waals surface area contributed by atoms with Gasteiger partial charge in [0.1, 0.15) is 6.17 Å². The van der Waals surface area contributed by atoms with E-state index in [0.29, 0.717) is 0 Å². The summed E-state index contributed by atoms with van der Waals surface area (Å²) < 4.78 is 0. The first kappa shape index (κ1) is 15.9. The van der Waals surface area contributed by atoms with Gasteiger partial charge < -0.3 is 4.90 Å². The lowest BCUT2D eigenvalue weighted by Crippen LogP contribution is -2.43. The molecule has 0 spiro atoms. The van der Waals surface area contributed by atoms with Crippen molar-refractivity contribution in [1.29, 1.82) is 0 Å². The normalized spacial score (nSPS) is 26.4. The zero-order valence-electron chi connectivity index (χ0n) is 12.5. The fraction of sp³-hybridized carbons (Fsp3) is 0.667. The fourth-order valence-electron chi connectivity index (χ4n) is 2.56. The van der Waals surface area contributed by atoms with Crippen molar-refractivity contribution in [2.45, 2.75) is 44.8 Å². The first-order chi connectivity index (χ1) is 9.62. The summed E-state index contributed by atoms with van der Waals surface area (Å²) in [5, 5.41) is 5.62. The minimum atomic E-state index is -0.409. The molecule has 1 saturated heterocycles. The molecule has 1 N–H and O–H groups in total. The molecule has 1 fully saturated rings. The van der Waals surface area contributed by atoms with Crippen LogP contribution < -0.4 is 5.32 Å². The lowest BCUT2D eigenvalue weighted by atomic mass is 9.99. The molecule has 0 radical (unpaired) electrons. The predicted molar refractivity (Wildman–Crippen MR) is 88.2 cm³/mol. The van der Waals surface area contributed by atoms with Crippen LogP contribution in [0.3, 0.4) is 0 Å². The number of nitrogens with one attached hydrogen (secondary N) is 1. The molecule has 0 aromatic carbocycles. The van der Waals surface area contributed by atoms with Gasteiger partial charge in [0.05, 0.1) is 5.54 Å². The van der Waals surface area contributed by atoms with E-state index in [9.17, 15) is 4.79 Å². The van der Waals surface area contributed by atoms with Gasteiger partial charge in [-0.05, 0) is 49.6 Å². The van der Waals surface area contributed by atoms with Gasteiger partial charge in [0.15, 0.2) is 0 Å². The second-order valence-corrected chi connectivity index (χ2v) is 7.41. The fourth-order valence-corrected chi connectivity index (χ4v) is 3.84. The molecule has 2 rings (SSSR count). The molecule has 1 amide bonds. The van der Waals surface area contributed by atoms with Crippen LogP contribution in [-0.4, -0.2) is 34.9 Å². The first-order valence-electron chi connectivity index (χ1n) is 7.23. The number of amides is 1. The summed E-state index contributed by atoms with van der Waals surface area (Å²) in [7, 11) is 0. The Balaban J connectivity index is 2.09. The van der Waals surface area contributed by atoms with Crippen molar-refractivity contribution >= 4 is 29.0 Å². The van der Waals surface area contributed by atoms with Crippen LogP contribution in [0.2, 0.25) is 0 Å². The Morgan fingerprint density at radius 2 is 2.30 bits per heavy atom. The molecule has 5 heteroatoms. The molecular weight excluding hydrogens is 288 g/mol. The molecule has 112 valence electrons. The Labute approximate surface area is 130 Å². The lowest BCUT2D eigenvalue weighted by molar-refractivity contribution is -0.133. The summed E-state index contributed by atoms with van der Waals surface area (Å²) in [6, 6.07) is 4.17. The zero-order chi connectivity index (χ0) is 14.6.